The van der Waals surface area contributed by atoms with Gasteiger partial charge in [0.15, 0.2) is 0 Å². The van der Waals surface area contributed by atoms with Crippen molar-refractivity contribution in [3.63, 3.8) is 0 Å². The Kier molecular flexibility index (Phi) is 3.64. The summed E-state index contributed by atoms with van der Waals surface area (Å²) in [5, 5.41) is 5.26. The number of benzene rings is 1. The molecule has 1 aromatic carbocycles. The first-order valence-corrected chi connectivity index (χ1v) is 6.33. The van der Waals surface area contributed by atoms with E-state index in [1.807, 2.05) is 35.0 Å². The van der Waals surface area contributed by atoms with Gasteiger partial charge in [0.25, 0.3) is 0 Å². The van der Waals surface area contributed by atoms with Crippen molar-refractivity contribution in [2.75, 3.05) is 5.32 Å². The third-order valence-electron chi connectivity index (χ3n) is 2.87. The van der Waals surface area contributed by atoms with Gasteiger partial charge in [0.1, 0.15) is 6.26 Å². The molecule has 3 rings (SSSR count). The van der Waals surface area contributed by atoms with Gasteiger partial charge in [0.2, 0.25) is 0 Å². The standard InChI is InChI=1S/C14H13N5O2/c20-13(18-14-16-6-8-21-14)17-9-11-3-1-2-4-12(11)19-7-5-15-10-19/h1-8,10H,9H2,(H2,16,17,18,20). The normalized spacial score (nSPS) is 10.3. The number of hydrogen-bond donors (Lipinski definition) is 2. The van der Waals surface area contributed by atoms with Gasteiger partial charge in [-0.1, -0.05) is 18.2 Å². The molecule has 0 unspecified atom stereocenters. The highest BCUT2D eigenvalue weighted by Crippen LogP contribution is 2.13. The summed E-state index contributed by atoms with van der Waals surface area (Å²) in [5.74, 6) is 0. The van der Waals surface area contributed by atoms with Crippen LogP contribution in [0.2, 0.25) is 0 Å². The zero-order valence-corrected chi connectivity index (χ0v) is 11.1. The highest BCUT2D eigenvalue weighted by atomic mass is 16.4. The molecule has 2 heterocycles. The number of imidazole rings is 1. The Bertz CT molecular complexity index is 707. The molecular weight excluding hydrogens is 270 g/mol. The van der Waals surface area contributed by atoms with Crippen LogP contribution in [0.3, 0.4) is 0 Å². The van der Waals surface area contributed by atoms with E-state index in [0.717, 1.165) is 11.3 Å². The number of anilines is 1. The molecule has 106 valence electrons. The van der Waals surface area contributed by atoms with E-state index in [1.54, 1.807) is 12.5 Å². The van der Waals surface area contributed by atoms with Crippen molar-refractivity contribution >= 4 is 12.0 Å². The van der Waals surface area contributed by atoms with E-state index in [0.29, 0.717) is 6.54 Å². The number of hydrogen-bond acceptors (Lipinski definition) is 4. The highest BCUT2D eigenvalue weighted by Gasteiger charge is 2.07. The SMILES string of the molecule is O=C(NCc1ccccc1-n1ccnc1)Nc1ncco1. The summed E-state index contributed by atoms with van der Waals surface area (Å²) in [6, 6.07) is 7.55. The molecular formula is C14H13N5O2. The Balaban J connectivity index is 1.67. The summed E-state index contributed by atoms with van der Waals surface area (Å²) in [6.45, 7) is 0.376. The number of oxazole rings is 1. The second-order valence-corrected chi connectivity index (χ2v) is 4.24. The lowest BCUT2D eigenvalue weighted by molar-refractivity contribution is 0.251. The summed E-state index contributed by atoms with van der Waals surface area (Å²) in [5.41, 5.74) is 1.93. The number of rotatable bonds is 4. The lowest BCUT2D eigenvalue weighted by Gasteiger charge is -2.11. The number of carbonyl (C=O) groups is 1. The smallest absolute Gasteiger partial charge is 0.323 e. The number of urea groups is 1. The number of nitrogens with one attached hydrogen (secondary N) is 2. The summed E-state index contributed by atoms with van der Waals surface area (Å²) >= 11 is 0. The molecule has 7 nitrogen and oxygen atoms in total. The summed E-state index contributed by atoms with van der Waals surface area (Å²) in [7, 11) is 0. The van der Waals surface area contributed by atoms with Crippen LogP contribution >= 0.6 is 0 Å². The number of aromatic nitrogens is 3. The molecule has 0 saturated heterocycles. The Hall–Kier alpha value is -3.09. The largest absolute Gasteiger partial charge is 0.432 e. The highest BCUT2D eigenvalue weighted by molar-refractivity contribution is 5.86. The summed E-state index contributed by atoms with van der Waals surface area (Å²) < 4.78 is 6.84. The van der Waals surface area contributed by atoms with E-state index in [-0.39, 0.29) is 12.0 Å². The Morgan fingerprint density at radius 2 is 2.19 bits per heavy atom. The average Bonchev–Trinajstić information content (AvgIpc) is 3.18. The van der Waals surface area contributed by atoms with Crippen LogP contribution in [0.25, 0.3) is 5.69 Å². The third kappa shape index (κ3) is 3.08. The van der Waals surface area contributed by atoms with Gasteiger partial charge in [-0.2, -0.15) is 0 Å². The molecule has 0 fully saturated rings. The molecule has 0 aliphatic heterocycles. The first-order valence-electron chi connectivity index (χ1n) is 6.33. The van der Waals surface area contributed by atoms with Gasteiger partial charge in [-0.15, -0.1) is 0 Å². The predicted molar refractivity (Wildman–Crippen MR) is 75.9 cm³/mol. The number of nitrogens with zero attached hydrogens (tertiary/aromatic N) is 3. The van der Waals surface area contributed by atoms with Crippen molar-refractivity contribution in [3.8, 4) is 5.69 Å². The van der Waals surface area contributed by atoms with E-state index in [9.17, 15) is 4.79 Å². The maximum absolute atomic E-state index is 11.7. The molecule has 0 aliphatic rings. The second kappa shape index (κ2) is 5.91. The van der Waals surface area contributed by atoms with Crippen molar-refractivity contribution in [1.29, 1.82) is 0 Å². The third-order valence-corrected chi connectivity index (χ3v) is 2.87. The zero-order valence-electron chi connectivity index (χ0n) is 11.1. The molecule has 0 bridgehead atoms. The fraction of sp³-hybridized carbons (Fsp3) is 0.0714. The number of amides is 2. The first-order chi connectivity index (χ1) is 10.3. The van der Waals surface area contributed by atoms with Gasteiger partial charge < -0.3 is 14.3 Å². The van der Waals surface area contributed by atoms with Gasteiger partial charge in [-0.3, -0.25) is 5.32 Å². The lowest BCUT2D eigenvalue weighted by Crippen LogP contribution is -2.28. The molecule has 0 aliphatic carbocycles. The second-order valence-electron chi connectivity index (χ2n) is 4.24. The average molecular weight is 283 g/mol. The minimum atomic E-state index is -0.377. The van der Waals surface area contributed by atoms with Gasteiger partial charge in [-0.25, -0.2) is 14.8 Å². The van der Waals surface area contributed by atoms with Crippen molar-refractivity contribution in [1.82, 2.24) is 19.9 Å². The lowest BCUT2D eigenvalue weighted by atomic mass is 10.2. The molecule has 7 heteroatoms. The Morgan fingerprint density at radius 3 is 2.95 bits per heavy atom. The molecule has 2 amide bonds. The first kappa shape index (κ1) is 12.9. The predicted octanol–water partition coefficient (Wildman–Crippen LogP) is 2.18. The Labute approximate surface area is 120 Å². The van der Waals surface area contributed by atoms with E-state index >= 15 is 0 Å². The molecule has 0 spiro atoms. The maximum Gasteiger partial charge on any atom is 0.323 e. The molecule has 2 aromatic heterocycles. The minimum Gasteiger partial charge on any atom is -0.432 e. The van der Waals surface area contributed by atoms with Crippen LogP contribution in [0.15, 0.2) is 59.9 Å². The quantitative estimate of drug-likeness (QED) is 0.768. The van der Waals surface area contributed by atoms with E-state index in [4.69, 9.17) is 4.42 Å². The van der Waals surface area contributed by atoms with Crippen LogP contribution < -0.4 is 10.6 Å². The van der Waals surface area contributed by atoms with Crippen molar-refractivity contribution in [2.24, 2.45) is 0 Å². The molecule has 0 radical (unpaired) electrons. The maximum atomic E-state index is 11.7. The molecule has 21 heavy (non-hydrogen) atoms. The van der Waals surface area contributed by atoms with Crippen LogP contribution in [0.1, 0.15) is 5.56 Å². The van der Waals surface area contributed by atoms with Crippen LogP contribution in [0, 0.1) is 0 Å². The summed E-state index contributed by atoms with van der Waals surface area (Å²) in [4.78, 5) is 19.6. The van der Waals surface area contributed by atoms with Gasteiger partial charge in [0.05, 0.1) is 18.2 Å². The van der Waals surface area contributed by atoms with Gasteiger partial charge in [0, 0.05) is 18.9 Å². The van der Waals surface area contributed by atoms with Crippen LogP contribution in [-0.2, 0) is 6.54 Å². The van der Waals surface area contributed by atoms with Crippen molar-refractivity contribution in [2.45, 2.75) is 6.54 Å². The molecule has 3 aromatic rings. The van der Waals surface area contributed by atoms with E-state index in [2.05, 4.69) is 20.6 Å². The minimum absolute atomic E-state index is 0.162. The zero-order chi connectivity index (χ0) is 14.5. The fourth-order valence-corrected chi connectivity index (χ4v) is 1.92. The van der Waals surface area contributed by atoms with E-state index < -0.39 is 0 Å². The van der Waals surface area contributed by atoms with Gasteiger partial charge in [-0.05, 0) is 11.6 Å². The van der Waals surface area contributed by atoms with Crippen LogP contribution in [-0.4, -0.2) is 20.6 Å². The van der Waals surface area contributed by atoms with E-state index in [1.165, 1.54) is 12.5 Å². The van der Waals surface area contributed by atoms with Crippen LogP contribution in [0.4, 0.5) is 10.8 Å². The monoisotopic (exact) mass is 283 g/mol. The molecule has 2 N–H and O–H groups in total. The Morgan fingerprint density at radius 1 is 1.29 bits per heavy atom. The number of para-hydroxylation sites is 1. The van der Waals surface area contributed by atoms with Crippen molar-refractivity contribution in [3.05, 3.63) is 61.0 Å². The number of carbonyl (C=O) groups excluding carboxylic acids is 1. The van der Waals surface area contributed by atoms with Crippen molar-refractivity contribution < 1.29 is 9.21 Å². The fourth-order valence-electron chi connectivity index (χ4n) is 1.92. The van der Waals surface area contributed by atoms with Crippen LogP contribution in [0.5, 0.6) is 0 Å². The molecule has 0 atom stereocenters. The topological polar surface area (TPSA) is 85.0 Å². The summed E-state index contributed by atoms with van der Waals surface area (Å²) in [6.07, 6.45) is 8.13. The van der Waals surface area contributed by atoms with Gasteiger partial charge >= 0.3 is 12.0 Å². The molecule has 0 saturated carbocycles.